The summed E-state index contributed by atoms with van der Waals surface area (Å²) in [6.07, 6.45) is 0.329. The molecular weight excluding hydrogens is 480 g/mol. The number of sulfone groups is 1. The maximum Gasteiger partial charge on any atom is 0.316 e. The number of hydrogen-bond donors (Lipinski definition) is 1. The smallest absolute Gasteiger partial charge is 0.316 e. The largest absolute Gasteiger partial charge is 0.497 e. The summed E-state index contributed by atoms with van der Waals surface area (Å²) >= 11 is 1.06. The predicted octanol–water partition coefficient (Wildman–Crippen LogP) is 2.13. The van der Waals surface area contributed by atoms with Crippen molar-refractivity contribution in [1.29, 1.82) is 0 Å². The van der Waals surface area contributed by atoms with Crippen molar-refractivity contribution in [3.63, 3.8) is 0 Å². The molecule has 0 aromatic heterocycles. The summed E-state index contributed by atoms with van der Waals surface area (Å²) in [4.78, 5) is 38.4. The van der Waals surface area contributed by atoms with Crippen LogP contribution in [0.5, 0.6) is 5.75 Å². The Morgan fingerprint density at radius 2 is 1.76 bits per heavy atom. The van der Waals surface area contributed by atoms with Crippen LogP contribution in [0, 0.1) is 0 Å². The fourth-order valence-corrected chi connectivity index (χ4v) is 5.79. The van der Waals surface area contributed by atoms with Crippen LogP contribution in [-0.2, 0) is 29.0 Å². The normalized spacial score (nSPS) is 16.4. The zero-order valence-corrected chi connectivity index (χ0v) is 20.3. The summed E-state index contributed by atoms with van der Waals surface area (Å²) in [6, 6.07) is 15.0. The molecule has 1 heterocycles. The van der Waals surface area contributed by atoms with E-state index in [9.17, 15) is 22.8 Å². The summed E-state index contributed by atoms with van der Waals surface area (Å²) in [5.41, 5.74) is 1.16. The van der Waals surface area contributed by atoms with Gasteiger partial charge in [0, 0.05) is 11.4 Å². The number of benzene rings is 2. The standard InChI is InChI=1S/C23H26N2O7S2/c1-31-20-9-7-17(8-10-20)24-21(26)14-33-15-23(28)32-13-22(27)25(18-5-3-2-4-6-18)19-11-12-34(29,30)16-19/h2-10,19H,11-16H2,1H3,(H,24,26). The molecule has 1 fully saturated rings. The predicted molar refractivity (Wildman–Crippen MR) is 131 cm³/mol. The van der Waals surface area contributed by atoms with Crippen molar-refractivity contribution in [2.45, 2.75) is 12.5 Å². The highest BCUT2D eigenvalue weighted by atomic mass is 32.2. The third kappa shape index (κ3) is 7.49. The number of anilines is 2. The van der Waals surface area contributed by atoms with Crippen LogP contribution >= 0.6 is 11.8 Å². The highest BCUT2D eigenvalue weighted by Gasteiger charge is 2.35. The van der Waals surface area contributed by atoms with Crippen molar-refractivity contribution < 1.29 is 32.3 Å². The SMILES string of the molecule is COc1ccc(NC(=O)CSCC(=O)OCC(=O)N(c2ccccc2)C2CCS(=O)(=O)C2)cc1. The quantitative estimate of drug-likeness (QED) is 0.487. The van der Waals surface area contributed by atoms with E-state index in [2.05, 4.69) is 5.32 Å². The van der Waals surface area contributed by atoms with Crippen LogP contribution < -0.4 is 15.0 Å². The number of amides is 2. The first kappa shape index (κ1) is 25.6. The molecule has 2 aromatic carbocycles. The van der Waals surface area contributed by atoms with Crippen LogP contribution in [0.1, 0.15) is 6.42 Å². The Labute approximate surface area is 202 Å². The fraction of sp³-hybridized carbons (Fsp3) is 0.348. The van der Waals surface area contributed by atoms with Gasteiger partial charge in [-0.05, 0) is 42.8 Å². The van der Waals surface area contributed by atoms with E-state index in [1.54, 1.807) is 61.7 Å². The number of hydrogen-bond acceptors (Lipinski definition) is 8. The van der Waals surface area contributed by atoms with Crippen LogP contribution in [0.2, 0.25) is 0 Å². The number of rotatable bonds is 10. The van der Waals surface area contributed by atoms with Gasteiger partial charge in [-0.25, -0.2) is 8.42 Å². The number of nitrogens with zero attached hydrogens (tertiary/aromatic N) is 1. The van der Waals surface area contributed by atoms with Gasteiger partial charge in [0.05, 0.1) is 36.2 Å². The van der Waals surface area contributed by atoms with Gasteiger partial charge < -0.3 is 19.7 Å². The Kier molecular flexibility index (Phi) is 8.94. The maximum atomic E-state index is 12.9. The topological polar surface area (TPSA) is 119 Å². The molecule has 1 aliphatic rings. The van der Waals surface area contributed by atoms with E-state index in [1.807, 2.05) is 0 Å². The molecule has 2 aromatic rings. The molecule has 0 radical (unpaired) electrons. The molecule has 0 spiro atoms. The van der Waals surface area contributed by atoms with E-state index in [4.69, 9.17) is 9.47 Å². The Morgan fingerprint density at radius 1 is 1.06 bits per heavy atom. The summed E-state index contributed by atoms with van der Waals surface area (Å²) in [6.45, 7) is -0.511. The first-order chi connectivity index (χ1) is 16.3. The number of carbonyl (C=O) groups excluding carboxylic acids is 3. The lowest BCUT2D eigenvalue weighted by Gasteiger charge is -2.28. The number of carbonyl (C=O) groups is 3. The van der Waals surface area contributed by atoms with Gasteiger partial charge in [-0.2, -0.15) is 0 Å². The molecule has 0 bridgehead atoms. The van der Waals surface area contributed by atoms with Crippen LogP contribution in [0.4, 0.5) is 11.4 Å². The van der Waals surface area contributed by atoms with Gasteiger partial charge in [-0.15, -0.1) is 11.8 Å². The van der Waals surface area contributed by atoms with E-state index in [1.165, 1.54) is 4.90 Å². The van der Waals surface area contributed by atoms with Crippen molar-refractivity contribution in [2.24, 2.45) is 0 Å². The second-order valence-corrected chi connectivity index (χ2v) is 10.8. The Morgan fingerprint density at radius 3 is 2.38 bits per heavy atom. The monoisotopic (exact) mass is 506 g/mol. The van der Waals surface area contributed by atoms with E-state index in [-0.39, 0.29) is 28.9 Å². The van der Waals surface area contributed by atoms with Crippen molar-refractivity contribution in [3.05, 3.63) is 54.6 Å². The summed E-state index contributed by atoms with van der Waals surface area (Å²) in [5, 5.41) is 2.71. The summed E-state index contributed by atoms with van der Waals surface area (Å²) in [7, 11) is -1.66. The second-order valence-electron chi connectivity index (χ2n) is 7.59. The number of ether oxygens (including phenoxy) is 2. The third-order valence-electron chi connectivity index (χ3n) is 5.06. The molecule has 1 unspecified atom stereocenters. The van der Waals surface area contributed by atoms with Crippen molar-refractivity contribution in [3.8, 4) is 5.75 Å². The molecule has 11 heteroatoms. The van der Waals surface area contributed by atoms with Crippen molar-refractivity contribution in [2.75, 3.05) is 46.9 Å². The van der Waals surface area contributed by atoms with Crippen LogP contribution in [0.3, 0.4) is 0 Å². The molecule has 1 saturated heterocycles. The first-order valence-corrected chi connectivity index (χ1v) is 13.5. The van der Waals surface area contributed by atoms with Gasteiger partial charge in [0.15, 0.2) is 16.4 Å². The van der Waals surface area contributed by atoms with Gasteiger partial charge in [0.25, 0.3) is 5.91 Å². The number of esters is 1. The van der Waals surface area contributed by atoms with Gasteiger partial charge in [-0.1, -0.05) is 18.2 Å². The number of nitrogens with one attached hydrogen (secondary N) is 1. The summed E-state index contributed by atoms with van der Waals surface area (Å²) < 4.78 is 34.0. The molecule has 9 nitrogen and oxygen atoms in total. The van der Waals surface area contributed by atoms with Crippen LogP contribution in [-0.4, -0.2) is 69.0 Å². The van der Waals surface area contributed by atoms with Gasteiger partial charge >= 0.3 is 5.97 Å². The highest BCUT2D eigenvalue weighted by Crippen LogP contribution is 2.24. The molecule has 3 rings (SSSR count). The minimum Gasteiger partial charge on any atom is -0.497 e. The maximum absolute atomic E-state index is 12.9. The zero-order valence-electron chi connectivity index (χ0n) is 18.6. The van der Waals surface area contributed by atoms with E-state index in [0.29, 0.717) is 23.5 Å². The zero-order chi connectivity index (χ0) is 24.6. The third-order valence-corrected chi connectivity index (χ3v) is 7.72. The molecule has 1 atom stereocenters. The van der Waals surface area contributed by atoms with E-state index in [0.717, 1.165) is 11.8 Å². The average Bonchev–Trinajstić information content (AvgIpc) is 3.18. The van der Waals surface area contributed by atoms with Crippen molar-refractivity contribution in [1.82, 2.24) is 0 Å². The van der Waals surface area contributed by atoms with E-state index >= 15 is 0 Å². The first-order valence-electron chi connectivity index (χ1n) is 10.5. The molecule has 1 aliphatic heterocycles. The molecule has 34 heavy (non-hydrogen) atoms. The lowest BCUT2D eigenvalue weighted by molar-refractivity contribution is -0.145. The van der Waals surface area contributed by atoms with Crippen LogP contribution in [0.15, 0.2) is 54.6 Å². The van der Waals surface area contributed by atoms with Gasteiger partial charge in [0.2, 0.25) is 5.91 Å². The lowest BCUT2D eigenvalue weighted by Crippen LogP contribution is -2.43. The molecule has 0 saturated carbocycles. The second kappa shape index (κ2) is 11.9. The number of para-hydroxylation sites is 1. The molecule has 182 valence electrons. The minimum atomic E-state index is -3.21. The Hall–Kier alpha value is -3.05. The summed E-state index contributed by atoms with van der Waals surface area (Å²) in [5.74, 6) is -0.921. The molecular formula is C23H26N2O7S2. The van der Waals surface area contributed by atoms with Gasteiger partial charge in [-0.3, -0.25) is 14.4 Å². The Balaban J connectivity index is 1.46. The molecule has 2 amide bonds. The minimum absolute atomic E-state index is 0.0172. The number of methoxy groups -OCH3 is 1. The number of thioether (sulfide) groups is 1. The Bertz CT molecular complexity index is 1110. The average molecular weight is 507 g/mol. The van der Waals surface area contributed by atoms with Crippen molar-refractivity contribution >= 4 is 50.8 Å². The lowest BCUT2D eigenvalue weighted by atomic mass is 10.2. The molecule has 0 aliphatic carbocycles. The fourth-order valence-electron chi connectivity index (χ4n) is 3.48. The van der Waals surface area contributed by atoms with E-state index < -0.39 is 34.4 Å². The van der Waals surface area contributed by atoms with Crippen LogP contribution in [0.25, 0.3) is 0 Å². The van der Waals surface area contributed by atoms with Gasteiger partial charge in [0.1, 0.15) is 5.75 Å². The molecule has 1 N–H and O–H groups in total. The highest BCUT2D eigenvalue weighted by molar-refractivity contribution is 8.00.